The fourth-order valence-corrected chi connectivity index (χ4v) is 3.62. The molecular weight excluding hydrogens is 356 g/mol. The molecule has 144 valence electrons. The Labute approximate surface area is 161 Å². The zero-order chi connectivity index (χ0) is 20.0. The van der Waals surface area contributed by atoms with Crippen LogP contribution in [-0.4, -0.2) is 29.9 Å². The first-order chi connectivity index (χ1) is 13.4. The molecule has 28 heavy (non-hydrogen) atoms. The first-order valence-corrected chi connectivity index (χ1v) is 9.20. The van der Waals surface area contributed by atoms with Crippen molar-refractivity contribution in [2.24, 2.45) is 7.05 Å². The largest absolute Gasteiger partial charge is 0.348 e. The lowest BCUT2D eigenvalue weighted by Gasteiger charge is -2.12. The molecule has 8 heteroatoms. The molecule has 0 saturated carbocycles. The number of hydrogen-bond acceptors (Lipinski definition) is 4. The van der Waals surface area contributed by atoms with Crippen LogP contribution in [0, 0.1) is 13.8 Å². The molecule has 1 N–H and O–H groups in total. The van der Waals surface area contributed by atoms with Crippen LogP contribution in [-0.2, 0) is 20.1 Å². The van der Waals surface area contributed by atoms with E-state index >= 15 is 0 Å². The molecule has 0 radical (unpaired) electrons. The second-order valence-corrected chi connectivity index (χ2v) is 6.84. The highest BCUT2D eigenvalue weighted by molar-refractivity contribution is 5.97. The molecule has 0 saturated heterocycles. The lowest BCUT2D eigenvalue weighted by molar-refractivity contribution is 0.0951. The number of rotatable bonds is 4. The van der Waals surface area contributed by atoms with Crippen molar-refractivity contribution in [2.75, 3.05) is 0 Å². The van der Waals surface area contributed by atoms with Crippen LogP contribution >= 0.6 is 0 Å². The fraction of sp³-hybridized carbons (Fsp3) is 0.300. The highest BCUT2D eigenvalue weighted by atomic mass is 16.1. The molecule has 1 amide bonds. The second kappa shape index (κ2) is 6.63. The van der Waals surface area contributed by atoms with Gasteiger partial charge in [0.1, 0.15) is 5.52 Å². The molecule has 4 aromatic rings. The summed E-state index contributed by atoms with van der Waals surface area (Å²) in [5, 5.41) is 11.6. The lowest BCUT2D eigenvalue weighted by Crippen LogP contribution is -2.25. The third kappa shape index (κ3) is 2.69. The van der Waals surface area contributed by atoms with Gasteiger partial charge < -0.3 is 9.88 Å². The van der Waals surface area contributed by atoms with Crippen LogP contribution in [0.3, 0.4) is 0 Å². The number of carbonyl (C=O) groups excluding carboxylic acids is 1. The average Bonchev–Trinajstić information content (AvgIpc) is 3.26. The number of amides is 1. The van der Waals surface area contributed by atoms with Gasteiger partial charge in [0.05, 0.1) is 22.9 Å². The number of benzene rings is 1. The van der Waals surface area contributed by atoms with Gasteiger partial charge in [-0.15, -0.1) is 0 Å². The van der Waals surface area contributed by atoms with Crippen molar-refractivity contribution in [3.8, 4) is 0 Å². The molecule has 0 bridgehead atoms. The maximum atomic E-state index is 12.7. The van der Waals surface area contributed by atoms with Gasteiger partial charge in [-0.05, 0) is 45.0 Å². The number of hydrogen-bond donors (Lipinski definition) is 1. The van der Waals surface area contributed by atoms with Crippen molar-refractivity contribution >= 4 is 22.5 Å². The monoisotopic (exact) mass is 378 g/mol. The topological polar surface area (TPSA) is 86.2 Å². The van der Waals surface area contributed by atoms with E-state index in [2.05, 4.69) is 15.5 Å². The molecule has 0 spiro atoms. The van der Waals surface area contributed by atoms with Crippen molar-refractivity contribution < 1.29 is 4.79 Å². The summed E-state index contributed by atoms with van der Waals surface area (Å²) in [7, 11) is 1.89. The van der Waals surface area contributed by atoms with Gasteiger partial charge in [-0.25, -0.2) is 4.52 Å². The molecule has 8 nitrogen and oxygen atoms in total. The lowest BCUT2D eigenvalue weighted by atomic mass is 10.1. The van der Waals surface area contributed by atoms with E-state index in [1.807, 2.05) is 38.6 Å². The van der Waals surface area contributed by atoms with Gasteiger partial charge in [-0.2, -0.15) is 10.2 Å². The molecule has 3 heterocycles. The van der Waals surface area contributed by atoms with Gasteiger partial charge in [0.2, 0.25) is 0 Å². The summed E-state index contributed by atoms with van der Waals surface area (Å²) in [6.45, 7) is 6.73. The SMILES string of the molecule is CCn1c(=O)c2ccnn2c2ccc(C(=O)NCc3c(C)nn(C)c3C)cc21. The molecule has 0 fully saturated rings. The van der Waals surface area contributed by atoms with E-state index in [4.69, 9.17) is 0 Å². The molecule has 3 aromatic heterocycles. The van der Waals surface area contributed by atoms with Crippen LogP contribution in [0.2, 0.25) is 0 Å². The number of nitrogens with one attached hydrogen (secondary N) is 1. The number of aryl methyl sites for hydroxylation is 3. The van der Waals surface area contributed by atoms with Gasteiger partial charge in [-0.3, -0.25) is 14.3 Å². The number of carbonyl (C=O) groups is 1. The van der Waals surface area contributed by atoms with Crippen LogP contribution in [0.5, 0.6) is 0 Å². The highest BCUT2D eigenvalue weighted by Gasteiger charge is 2.15. The Bertz CT molecular complexity index is 1280. The first-order valence-electron chi connectivity index (χ1n) is 9.20. The molecule has 0 aliphatic heterocycles. The minimum Gasteiger partial charge on any atom is -0.348 e. The first kappa shape index (κ1) is 18.0. The number of aromatic nitrogens is 5. The summed E-state index contributed by atoms with van der Waals surface area (Å²) in [5.74, 6) is -0.194. The fourth-order valence-electron chi connectivity index (χ4n) is 3.62. The van der Waals surface area contributed by atoms with E-state index in [1.54, 1.807) is 33.5 Å². The second-order valence-electron chi connectivity index (χ2n) is 6.84. The van der Waals surface area contributed by atoms with Gasteiger partial charge in [0.15, 0.2) is 0 Å². The molecule has 0 atom stereocenters. The molecule has 0 aliphatic carbocycles. The van der Waals surface area contributed by atoms with E-state index < -0.39 is 0 Å². The predicted molar refractivity (Wildman–Crippen MR) is 106 cm³/mol. The summed E-state index contributed by atoms with van der Waals surface area (Å²) >= 11 is 0. The van der Waals surface area contributed by atoms with E-state index in [1.165, 1.54) is 0 Å². The standard InChI is InChI=1S/C20H22N6O2/c1-5-25-18-10-14(6-7-16(18)26-17(20(25)28)8-9-22-26)19(27)21-11-15-12(2)23-24(4)13(15)3/h6-10H,5,11H2,1-4H3,(H,21,27). The zero-order valence-corrected chi connectivity index (χ0v) is 16.4. The maximum Gasteiger partial charge on any atom is 0.277 e. The zero-order valence-electron chi connectivity index (χ0n) is 16.4. The minimum absolute atomic E-state index is 0.119. The van der Waals surface area contributed by atoms with E-state index in [9.17, 15) is 9.59 Å². The minimum atomic E-state index is -0.194. The summed E-state index contributed by atoms with van der Waals surface area (Å²) < 4.78 is 5.09. The smallest absolute Gasteiger partial charge is 0.277 e. The quantitative estimate of drug-likeness (QED) is 0.588. The van der Waals surface area contributed by atoms with Gasteiger partial charge in [0.25, 0.3) is 11.5 Å². The number of nitrogens with zero attached hydrogens (tertiary/aromatic N) is 5. The van der Waals surface area contributed by atoms with Crippen LogP contribution < -0.4 is 10.9 Å². The summed E-state index contributed by atoms with van der Waals surface area (Å²) in [6.07, 6.45) is 1.61. The predicted octanol–water partition coefficient (Wildman–Crippen LogP) is 1.95. The molecule has 0 unspecified atom stereocenters. The summed E-state index contributed by atoms with van der Waals surface area (Å²) in [6, 6.07) is 7.04. The highest BCUT2D eigenvalue weighted by Crippen LogP contribution is 2.17. The van der Waals surface area contributed by atoms with Crippen molar-refractivity contribution in [1.82, 2.24) is 29.3 Å². The Balaban J connectivity index is 1.72. The molecule has 0 aliphatic rings. The van der Waals surface area contributed by atoms with Crippen LogP contribution in [0.15, 0.2) is 35.3 Å². The van der Waals surface area contributed by atoms with Crippen LogP contribution in [0.4, 0.5) is 0 Å². The third-order valence-corrected chi connectivity index (χ3v) is 5.26. The average molecular weight is 378 g/mol. The normalized spacial score (nSPS) is 11.4. The van der Waals surface area contributed by atoms with Crippen molar-refractivity contribution in [3.63, 3.8) is 0 Å². The Hall–Kier alpha value is -3.42. The van der Waals surface area contributed by atoms with Crippen LogP contribution in [0.1, 0.15) is 34.2 Å². The van der Waals surface area contributed by atoms with E-state index in [0.717, 1.165) is 22.5 Å². The Kier molecular flexibility index (Phi) is 4.26. The Morgan fingerprint density at radius 1 is 1.14 bits per heavy atom. The van der Waals surface area contributed by atoms with E-state index in [-0.39, 0.29) is 11.5 Å². The third-order valence-electron chi connectivity index (χ3n) is 5.26. The van der Waals surface area contributed by atoms with Crippen molar-refractivity contribution in [3.05, 3.63) is 63.3 Å². The number of fused-ring (bicyclic) bond motifs is 3. The molecule has 4 rings (SSSR count). The molecule has 1 aromatic carbocycles. The summed E-state index contributed by atoms with van der Waals surface area (Å²) in [4.78, 5) is 25.4. The maximum absolute atomic E-state index is 12.7. The van der Waals surface area contributed by atoms with Gasteiger partial charge >= 0.3 is 0 Å². The van der Waals surface area contributed by atoms with Crippen molar-refractivity contribution in [1.29, 1.82) is 0 Å². The van der Waals surface area contributed by atoms with Gasteiger partial charge in [0, 0.05) is 37.0 Å². The van der Waals surface area contributed by atoms with Crippen molar-refractivity contribution in [2.45, 2.75) is 33.9 Å². The van der Waals surface area contributed by atoms with Crippen LogP contribution in [0.25, 0.3) is 16.6 Å². The van der Waals surface area contributed by atoms with E-state index in [0.29, 0.717) is 29.7 Å². The summed E-state index contributed by atoms with van der Waals surface area (Å²) in [5.41, 5.74) is 5.32. The Morgan fingerprint density at radius 2 is 1.93 bits per heavy atom. The van der Waals surface area contributed by atoms with Gasteiger partial charge in [-0.1, -0.05) is 0 Å². The molecular formula is C20H22N6O2. The Morgan fingerprint density at radius 3 is 2.61 bits per heavy atom.